The van der Waals surface area contributed by atoms with Crippen molar-refractivity contribution in [3.8, 4) is 0 Å². The summed E-state index contributed by atoms with van der Waals surface area (Å²) < 4.78 is 6.72. The first-order valence-electron chi connectivity index (χ1n) is 11.3. The largest absolute Gasteiger partial charge is 0.507 e. The van der Waals surface area contributed by atoms with Gasteiger partial charge in [-0.25, -0.2) is 9.78 Å². The van der Waals surface area contributed by atoms with E-state index in [1.807, 2.05) is 42.0 Å². The molecule has 1 fully saturated rings. The summed E-state index contributed by atoms with van der Waals surface area (Å²) in [6.45, 7) is 6.24. The van der Waals surface area contributed by atoms with Crippen molar-refractivity contribution in [1.82, 2.24) is 19.4 Å². The first-order chi connectivity index (χ1) is 16.7. The molecule has 0 saturated carbocycles. The molecule has 1 aliphatic rings. The van der Waals surface area contributed by atoms with Gasteiger partial charge in [-0.1, -0.05) is 29.8 Å². The Morgan fingerprint density at radius 3 is 2.49 bits per heavy atom. The summed E-state index contributed by atoms with van der Waals surface area (Å²) in [5.74, 6) is -2.32. The van der Waals surface area contributed by atoms with Crippen LogP contribution in [0.2, 0.25) is 0 Å². The second-order valence-corrected chi connectivity index (χ2v) is 8.67. The molecular formula is C26H28N4O5. The maximum Gasteiger partial charge on any atom is 0.354 e. The van der Waals surface area contributed by atoms with Gasteiger partial charge in [0.2, 0.25) is 0 Å². The zero-order chi connectivity index (χ0) is 25.3. The minimum Gasteiger partial charge on any atom is -0.507 e. The number of nitrogens with one attached hydrogen (secondary N) is 1. The summed E-state index contributed by atoms with van der Waals surface area (Å²) in [6, 6.07) is 6.78. The summed E-state index contributed by atoms with van der Waals surface area (Å²) in [6.07, 6.45) is 5.81. The molecule has 3 heterocycles. The summed E-state index contributed by atoms with van der Waals surface area (Å²) in [5.41, 5.74) is 3.20. The molecule has 0 aliphatic carbocycles. The van der Waals surface area contributed by atoms with Crippen LogP contribution in [-0.4, -0.2) is 55.9 Å². The second-order valence-electron chi connectivity index (χ2n) is 8.67. The van der Waals surface area contributed by atoms with Crippen molar-refractivity contribution < 1.29 is 24.2 Å². The number of carbonyl (C=O) groups excluding carboxylic acids is 3. The molecule has 182 valence electrons. The van der Waals surface area contributed by atoms with Gasteiger partial charge in [0.15, 0.2) is 0 Å². The number of ketones is 1. The van der Waals surface area contributed by atoms with E-state index >= 15 is 0 Å². The summed E-state index contributed by atoms with van der Waals surface area (Å²) in [5, 5.41) is 11.4. The number of imidazole rings is 1. The quantitative estimate of drug-likeness (QED) is 0.233. The maximum absolute atomic E-state index is 13.3. The van der Waals surface area contributed by atoms with E-state index in [-0.39, 0.29) is 17.0 Å². The summed E-state index contributed by atoms with van der Waals surface area (Å²) in [4.78, 5) is 47.0. The fourth-order valence-corrected chi connectivity index (χ4v) is 4.59. The number of hydrogen-bond donors (Lipinski definition) is 2. The molecule has 0 radical (unpaired) electrons. The topological polar surface area (TPSA) is 118 Å². The molecule has 1 saturated heterocycles. The molecule has 35 heavy (non-hydrogen) atoms. The van der Waals surface area contributed by atoms with E-state index in [9.17, 15) is 19.5 Å². The van der Waals surface area contributed by atoms with Crippen molar-refractivity contribution in [2.75, 3.05) is 13.7 Å². The standard InChI is InChI=1S/C26H28N4O5/c1-15-6-8-18(9-7-15)22-20(23(31)19-16(2)21(26(34)35-4)28-17(19)3)24(32)25(33)30(22)12-5-11-29-13-10-27-14-29/h6-10,13-14,22,28,31H,5,11-12H2,1-4H3/b23-20+. The zero-order valence-electron chi connectivity index (χ0n) is 20.2. The molecular weight excluding hydrogens is 448 g/mol. The monoisotopic (exact) mass is 476 g/mol. The smallest absolute Gasteiger partial charge is 0.354 e. The van der Waals surface area contributed by atoms with Crippen LogP contribution >= 0.6 is 0 Å². The lowest BCUT2D eigenvalue weighted by Gasteiger charge is -2.25. The highest BCUT2D eigenvalue weighted by Crippen LogP contribution is 2.41. The molecule has 2 aromatic heterocycles. The van der Waals surface area contributed by atoms with Gasteiger partial charge in [-0.15, -0.1) is 0 Å². The van der Waals surface area contributed by atoms with Crippen LogP contribution in [0.3, 0.4) is 0 Å². The number of aromatic nitrogens is 3. The van der Waals surface area contributed by atoms with Crippen molar-refractivity contribution in [3.05, 3.63) is 82.2 Å². The first kappa shape index (κ1) is 24.0. The van der Waals surface area contributed by atoms with E-state index in [1.54, 1.807) is 26.4 Å². The van der Waals surface area contributed by atoms with Gasteiger partial charge >= 0.3 is 5.97 Å². The van der Waals surface area contributed by atoms with Gasteiger partial charge in [0.25, 0.3) is 11.7 Å². The maximum atomic E-state index is 13.3. The third kappa shape index (κ3) is 4.37. The normalized spacial score (nSPS) is 17.3. The predicted molar refractivity (Wildman–Crippen MR) is 129 cm³/mol. The highest BCUT2D eigenvalue weighted by molar-refractivity contribution is 6.46. The number of ether oxygens (including phenoxy) is 1. The van der Waals surface area contributed by atoms with Crippen molar-refractivity contribution in [3.63, 3.8) is 0 Å². The van der Waals surface area contributed by atoms with Crippen LogP contribution in [0.15, 0.2) is 48.6 Å². The fraction of sp³-hybridized carbons (Fsp3) is 0.308. The Balaban J connectivity index is 1.79. The molecule has 0 bridgehead atoms. The van der Waals surface area contributed by atoms with Crippen LogP contribution in [0.4, 0.5) is 0 Å². The van der Waals surface area contributed by atoms with Crippen molar-refractivity contribution in [2.24, 2.45) is 0 Å². The molecule has 1 aliphatic heterocycles. The van der Waals surface area contributed by atoms with Gasteiger partial charge in [0.05, 0.1) is 25.1 Å². The van der Waals surface area contributed by atoms with Gasteiger partial charge in [-0.2, -0.15) is 0 Å². The van der Waals surface area contributed by atoms with E-state index < -0.39 is 23.7 Å². The lowest BCUT2D eigenvalue weighted by atomic mass is 9.93. The zero-order valence-corrected chi connectivity index (χ0v) is 20.2. The van der Waals surface area contributed by atoms with Gasteiger partial charge in [0.1, 0.15) is 11.5 Å². The number of H-pyrrole nitrogens is 1. The second kappa shape index (κ2) is 9.61. The number of rotatable bonds is 7. The predicted octanol–water partition coefficient (Wildman–Crippen LogP) is 3.44. The molecule has 1 atom stereocenters. The van der Waals surface area contributed by atoms with Gasteiger partial charge in [0, 0.05) is 36.7 Å². The third-order valence-electron chi connectivity index (χ3n) is 6.37. The number of esters is 1. The number of aromatic amines is 1. The Morgan fingerprint density at radius 2 is 1.86 bits per heavy atom. The fourth-order valence-electron chi connectivity index (χ4n) is 4.59. The molecule has 3 aromatic rings. The van der Waals surface area contributed by atoms with E-state index in [0.717, 1.165) is 11.1 Å². The van der Waals surface area contributed by atoms with E-state index in [1.165, 1.54) is 12.0 Å². The molecule has 1 aromatic carbocycles. The molecule has 9 heteroatoms. The number of likely N-dealkylation sites (tertiary alicyclic amines) is 1. The molecule has 0 spiro atoms. The lowest BCUT2D eigenvalue weighted by molar-refractivity contribution is -0.139. The van der Waals surface area contributed by atoms with Crippen LogP contribution < -0.4 is 0 Å². The average molecular weight is 477 g/mol. The Bertz CT molecular complexity index is 1300. The van der Waals surface area contributed by atoms with Crippen LogP contribution in [0.5, 0.6) is 0 Å². The number of aryl methyl sites for hydroxylation is 3. The van der Waals surface area contributed by atoms with Crippen LogP contribution in [0.25, 0.3) is 5.76 Å². The molecule has 1 amide bonds. The summed E-state index contributed by atoms with van der Waals surface area (Å²) in [7, 11) is 1.27. The number of methoxy groups -OCH3 is 1. The first-order valence-corrected chi connectivity index (χ1v) is 11.3. The summed E-state index contributed by atoms with van der Waals surface area (Å²) >= 11 is 0. The van der Waals surface area contributed by atoms with Gasteiger partial charge in [-0.05, 0) is 38.3 Å². The van der Waals surface area contributed by atoms with E-state index in [4.69, 9.17) is 4.74 Å². The van der Waals surface area contributed by atoms with Gasteiger partial charge < -0.3 is 24.3 Å². The SMILES string of the molecule is COC(=O)c1[nH]c(C)c(/C(O)=C2\C(=O)C(=O)N(CCCn3ccnc3)C2c2ccc(C)cc2)c1C. The van der Waals surface area contributed by atoms with E-state index in [2.05, 4.69) is 9.97 Å². The Hall–Kier alpha value is -4.14. The molecule has 1 unspecified atom stereocenters. The number of carbonyl (C=O) groups is 3. The highest BCUT2D eigenvalue weighted by atomic mass is 16.5. The minimum absolute atomic E-state index is 0.00287. The Kier molecular flexibility index (Phi) is 6.59. The number of Topliss-reactive ketones (excluding diaryl/α,β-unsaturated/α-hetero) is 1. The average Bonchev–Trinajstić information content (AvgIpc) is 3.52. The van der Waals surface area contributed by atoms with Crippen molar-refractivity contribution in [2.45, 2.75) is 39.8 Å². The van der Waals surface area contributed by atoms with Crippen molar-refractivity contribution in [1.29, 1.82) is 0 Å². The number of hydrogen-bond acceptors (Lipinski definition) is 6. The highest BCUT2D eigenvalue weighted by Gasteiger charge is 2.46. The van der Waals surface area contributed by atoms with E-state index in [0.29, 0.717) is 36.3 Å². The lowest BCUT2D eigenvalue weighted by Crippen LogP contribution is -2.31. The minimum atomic E-state index is -0.756. The van der Waals surface area contributed by atoms with Crippen LogP contribution in [0, 0.1) is 20.8 Å². The number of benzene rings is 1. The number of amides is 1. The van der Waals surface area contributed by atoms with Crippen LogP contribution in [0.1, 0.15) is 50.9 Å². The number of aliphatic hydroxyl groups excluding tert-OH is 1. The van der Waals surface area contributed by atoms with Crippen molar-refractivity contribution >= 4 is 23.4 Å². The van der Waals surface area contributed by atoms with Gasteiger partial charge in [-0.3, -0.25) is 9.59 Å². The third-order valence-corrected chi connectivity index (χ3v) is 6.37. The molecule has 9 nitrogen and oxygen atoms in total. The number of nitrogens with zero attached hydrogens (tertiary/aromatic N) is 3. The Morgan fingerprint density at radius 1 is 1.14 bits per heavy atom. The Labute approximate surface area is 203 Å². The number of aliphatic hydroxyl groups is 1. The van der Waals surface area contributed by atoms with Crippen LogP contribution in [-0.2, 0) is 20.9 Å². The molecule has 2 N–H and O–H groups in total. The molecule has 4 rings (SSSR count).